The highest BCUT2D eigenvalue weighted by Gasteiger charge is 2.18. The van der Waals surface area contributed by atoms with Gasteiger partial charge in [-0.2, -0.15) is 0 Å². The van der Waals surface area contributed by atoms with Gasteiger partial charge in [0.2, 0.25) is 0 Å². The van der Waals surface area contributed by atoms with Gasteiger partial charge in [0, 0.05) is 12.6 Å². The molecule has 0 unspecified atom stereocenters. The van der Waals surface area contributed by atoms with Gasteiger partial charge in [-0.25, -0.2) is 4.39 Å². The Kier molecular flexibility index (Phi) is 6.87. The van der Waals surface area contributed by atoms with E-state index in [1.54, 1.807) is 0 Å². The third kappa shape index (κ3) is 4.86. The SMILES string of the molecule is CCN(CC)CCCNc1cc(OC)c([N+](=O)[O-])cc1F. The van der Waals surface area contributed by atoms with Crippen molar-refractivity contribution in [2.45, 2.75) is 20.3 Å². The van der Waals surface area contributed by atoms with E-state index >= 15 is 0 Å². The Morgan fingerprint density at radius 2 is 2.05 bits per heavy atom. The Balaban J connectivity index is 2.65. The molecule has 1 rings (SSSR count). The molecule has 0 spiro atoms. The van der Waals surface area contributed by atoms with Gasteiger partial charge in [0.15, 0.2) is 11.6 Å². The lowest BCUT2D eigenvalue weighted by atomic mass is 10.2. The topological polar surface area (TPSA) is 67.6 Å². The van der Waals surface area contributed by atoms with Crippen molar-refractivity contribution >= 4 is 11.4 Å². The number of hydrogen-bond acceptors (Lipinski definition) is 5. The number of anilines is 1. The molecule has 0 amide bonds. The van der Waals surface area contributed by atoms with E-state index in [9.17, 15) is 14.5 Å². The minimum absolute atomic E-state index is 0.0487. The zero-order chi connectivity index (χ0) is 15.8. The molecule has 0 fully saturated rings. The number of methoxy groups -OCH3 is 1. The second-order valence-corrected chi connectivity index (χ2v) is 4.57. The molecule has 1 aromatic carbocycles. The Hall–Kier alpha value is -1.89. The summed E-state index contributed by atoms with van der Waals surface area (Å²) in [7, 11) is 1.32. The molecule has 0 aliphatic rings. The summed E-state index contributed by atoms with van der Waals surface area (Å²) in [6.45, 7) is 7.67. The highest BCUT2D eigenvalue weighted by Crippen LogP contribution is 2.32. The Morgan fingerprint density at radius 3 is 2.57 bits per heavy atom. The van der Waals surface area contributed by atoms with Crippen LogP contribution < -0.4 is 10.1 Å². The fourth-order valence-electron chi connectivity index (χ4n) is 2.05. The Labute approximate surface area is 124 Å². The fraction of sp³-hybridized carbons (Fsp3) is 0.571. The second kappa shape index (κ2) is 8.41. The third-order valence-electron chi connectivity index (χ3n) is 3.33. The van der Waals surface area contributed by atoms with Gasteiger partial charge >= 0.3 is 5.69 Å². The number of nitro groups is 1. The summed E-state index contributed by atoms with van der Waals surface area (Å²) >= 11 is 0. The Morgan fingerprint density at radius 1 is 1.38 bits per heavy atom. The van der Waals surface area contributed by atoms with Gasteiger partial charge in [-0.05, 0) is 26.1 Å². The number of rotatable bonds is 9. The average Bonchev–Trinajstić information content (AvgIpc) is 2.48. The van der Waals surface area contributed by atoms with E-state index in [-0.39, 0.29) is 17.1 Å². The molecular formula is C14H22FN3O3. The third-order valence-corrected chi connectivity index (χ3v) is 3.33. The summed E-state index contributed by atoms with van der Waals surface area (Å²) < 4.78 is 18.7. The van der Waals surface area contributed by atoms with Crippen molar-refractivity contribution in [2.24, 2.45) is 0 Å². The van der Waals surface area contributed by atoms with Crippen molar-refractivity contribution in [3.63, 3.8) is 0 Å². The summed E-state index contributed by atoms with van der Waals surface area (Å²) in [6, 6.07) is 2.20. The van der Waals surface area contributed by atoms with Crippen molar-refractivity contribution in [2.75, 3.05) is 38.6 Å². The molecule has 1 N–H and O–H groups in total. The molecule has 118 valence electrons. The number of ether oxygens (including phenoxy) is 1. The number of hydrogen-bond donors (Lipinski definition) is 1. The normalized spacial score (nSPS) is 10.7. The van der Waals surface area contributed by atoms with Gasteiger partial charge in [0.25, 0.3) is 0 Å². The highest BCUT2D eigenvalue weighted by molar-refractivity contribution is 5.59. The van der Waals surface area contributed by atoms with Crippen LogP contribution in [0.4, 0.5) is 15.8 Å². The smallest absolute Gasteiger partial charge is 0.313 e. The first-order valence-corrected chi connectivity index (χ1v) is 7.01. The maximum Gasteiger partial charge on any atom is 0.313 e. The lowest BCUT2D eigenvalue weighted by molar-refractivity contribution is -0.385. The molecule has 21 heavy (non-hydrogen) atoms. The predicted octanol–water partition coefficient (Wildman–Crippen LogP) is 2.89. The summed E-state index contributed by atoms with van der Waals surface area (Å²) in [5, 5.41) is 13.7. The lowest BCUT2D eigenvalue weighted by Crippen LogP contribution is -2.25. The van der Waals surface area contributed by atoms with Crippen LogP contribution in [0.15, 0.2) is 12.1 Å². The van der Waals surface area contributed by atoms with Gasteiger partial charge in [-0.15, -0.1) is 0 Å². The van der Waals surface area contributed by atoms with Gasteiger partial charge in [-0.1, -0.05) is 13.8 Å². The molecule has 0 radical (unpaired) electrons. The number of nitrogens with one attached hydrogen (secondary N) is 1. The summed E-state index contributed by atoms with van der Waals surface area (Å²) in [5.41, 5.74) is -0.152. The molecular weight excluding hydrogens is 277 g/mol. The first-order valence-electron chi connectivity index (χ1n) is 7.01. The standard InChI is InChI=1S/C14H22FN3O3/c1-4-17(5-2)8-6-7-16-12-10-14(21-3)13(18(19)20)9-11(12)15/h9-10,16H,4-8H2,1-3H3. The predicted molar refractivity (Wildman–Crippen MR) is 80.5 cm³/mol. The molecule has 0 bridgehead atoms. The van der Waals surface area contributed by atoms with Crippen LogP contribution in [0.5, 0.6) is 5.75 Å². The molecule has 6 nitrogen and oxygen atoms in total. The summed E-state index contributed by atoms with van der Waals surface area (Å²) in [6.07, 6.45) is 0.862. The van der Waals surface area contributed by atoms with Crippen LogP contribution in [0.1, 0.15) is 20.3 Å². The summed E-state index contributed by atoms with van der Waals surface area (Å²) in [5.74, 6) is -0.599. The van der Waals surface area contributed by atoms with Crippen LogP contribution >= 0.6 is 0 Å². The number of nitrogens with zero attached hydrogens (tertiary/aromatic N) is 2. The van der Waals surface area contributed by atoms with Crippen LogP contribution in [-0.2, 0) is 0 Å². The second-order valence-electron chi connectivity index (χ2n) is 4.57. The molecule has 0 aliphatic carbocycles. The van der Waals surface area contributed by atoms with Gasteiger partial charge < -0.3 is 15.0 Å². The minimum atomic E-state index is -0.661. The van der Waals surface area contributed by atoms with E-state index in [4.69, 9.17) is 4.74 Å². The van der Waals surface area contributed by atoms with E-state index in [1.165, 1.54) is 13.2 Å². The number of benzene rings is 1. The molecule has 0 atom stereocenters. The average molecular weight is 299 g/mol. The first kappa shape index (κ1) is 17.2. The van der Waals surface area contributed by atoms with Crippen LogP contribution in [0.2, 0.25) is 0 Å². The van der Waals surface area contributed by atoms with Gasteiger partial charge in [-0.3, -0.25) is 10.1 Å². The zero-order valence-corrected chi connectivity index (χ0v) is 12.7. The van der Waals surface area contributed by atoms with Crippen molar-refractivity contribution in [1.82, 2.24) is 4.90 Å². The van der Waals surface area contributed by atoms with Crippen molar-refractivity contribution in [1.29, 1.82) is 0 Å². The number of nitro benzene ring substituents is 1. The molecule has 0 aromatic heterocycles. The van der Waals surface area contributed by atoms with E-state index in [2.05, 4.69) is 24.1 Å². The van der Waals surface area contributed by atoms with Crippen molar-refractivity contribution in [3.8, 4) is 5.75 Å². The fourth-order valence-corrected chi connectivity index (χ4v) is 2.05. The molecule has 1 aromatic rings. The minimum Gasteiger partial charge on any atom is -0.490 e. The zero-order valence-electron chi connectivity index (χ0n) is 12.7. The highest BCUT2D eigenvalue weighted by atomic mass is 19.1. The molecule has 0 saturated heterocycles. The quantitative estimate of drug-likeness (QED) is 0.431. The number of halogens is 1. The van der Waals surface area contributed by atoms with Crippen LogP contribution in [0, 0.1) is 15.9 Å². The first-order chi connectivity index (χ1) is 10.0. The summed E-state index contributed by atoms with van der Waals surface area (Å²) in [4.78, 5) is 12.4. The molecule has 0 heterocycles. The van der Waals surface area contributed by atoms with E-state index in [0.717, 1.165) is 32.1 Å². The van der Waals surface area contributed by atoms with Gasteiger partial charge in [0.1, 0.15) is 0 Å². The lowest BCUT2D eigenvalue weighted by Gasteiger charge is -2.18. The van der Waals surface area contributed by atoms with E-state index in [1.807, 2.05) is 0 Å². The Bertz CT molecular complexity index is 479. The van der Waals surface area contributed by atoms with Crippen LogP contribution in [0.3, 0.4) is 0 Å². The largest absolute Gasteiger partial charge is 0.490 e. The van der Waals surface area contributed by atoms with E-state index < -0.39 is 10.7 Å². The maximum atomic E-state index is 13.8. The monoisotopic (exact) mass is 299 g/mol. The van der Waals surface area contributed by atoms with Gasteiger partial charge in [0.05, 0.1) is 23.8 Å². The molecule has 0 saturated carbocycles. The maximum absolute atomic E-state index is 13.8. The van der Waals surface area contributed by atoms with Crippen molar-refractivity contribution in [3.05, 3.63) is 28.1 Å². The molecule has 7 heteroatoms. The van der Waals surface area contributed by atoms with E-state index in [0.29, 0.717) is 6.54 Å². The molecule has 0 aliphatic heterocycles. The van der Waals surface area contributed by atoms with Crippen LogP contribution in [-0.4, -0.2) is 43.1 Å². The van der Waals surface area contributed by atoms with Crippen molar-refractivity contribution < 1.29 is 14.1 Å². The van der Waals surface area contributed by atoms with Crippen LogP contribution in [0.25, 0.3) is 0 Å².